The molecule has 1 aliphatic rings. The Labute approximate surface area is 223 Å². The van der Waals surface area contributed by atoms with E-state index in [-0.39, 0.29) is 5.91 Å². The number of benzene rings is 3. The average molecular weight is 553 g/mol. The lowest BCUT2D eigenvalue weighted by atomic mass is 10.1. The summed E-state index contributed by atoms with van der Waals surface area (Å²) in [7, 11) is 0. The topological polar surface area (TPSA) is 67.2 Å². The van der Waals surface area contributed by atoms with Gasteiger partial charge in [-0.3, -0.25) is 4.79 Å². The molecule has 1 amide bonds. The van der Waals surface area contributed by atoms with Crippen LogP contribution in [0, 0.1) is 0 Å². The van der Waals surface area contributed by atoms with Crippen molar-refractivity contribution in [1.29, 1.82) is 0 Å². The molecule has 7 nitrogen and oxygen atoms in total. The standard InChI is InChI=1S/C29H25BrN6O/c30-25-14-8-7-13-23(25)29(37)35-17-15-34(16-18-35)27-24-20-31-36(22-11-5-2-6-12-22)28(24)33-26(32-27)19-21-9-3-1-4-10-21/h1-14,20H,15-19H2. The molecule has 8 heteroatoms. The van der Waals surface area contributed by atoms with Crippen LogP contribution in [-0.4, -0.2) is 56.7 Å². The van der Waals surface area contributed by atoms with Crippen LogP contribution >= 0.6 is 15.9 Å². The second kappa shape index (κ2) is 10.1. The molecule has 0 bridgehead atoms. The van der Waals surface area contributed by atoms with E-state index in [1.54, 1.807) is 0 Å². The van der Waals surface area contributed by atoms with Gasteiger partial charge < -0.3 is 9.80 Å². The average Bonchev–Trinajstić information content (AvgIpc) is 3.38. The number of anilines is 1. The summed E-state index contributed by atoms with van der Waals surface area (Å²) in [5, 5.41) is 5.59. The molecule has 5 aromatic rings. The number of carbonyl (C=O) groups is 1. The molecule has 1 aliphatic heterocycles. The van der Waals surface area contributed by atoms with Crippen molar-refractivity contribution >= 4 is 38.7 Å². The van der Waals surface area contributed by atoms with Gasteiger partial charge in [0.1, 0.15) is 11.6 Å². The number of piperazine rings is 1. The maximum absolute atomic E-state index is 13.1. The van der Waals surface area contributed by atoms with Gasteiger partial charge in [-0.25, -0.2) is 14.6 Å². The van der Waals surface area contributed by atoms with Crippen molar-refractivity contribution in [2.75, 3.05) is 31.1 Å². The molecule has 0 aliphatic carbocycles. The minimum atomic E-state index is 0.0432. The van der Waals surface area contributed by atoms with E-state index < -0.39 is 0 Å². The second-order valence-corrected chi connectivity index (χ2v) is 9.87. The molecule has 3 heterocycles. The van der Waals surface area contributed by atoms with Gasteiger partial charge in [0, 0.05) is 37.1 Å². The van der Waals surface area contributed by atoms with Gasteiger partial charge in [0.05, 0.1) is 22.8 Å². The van der Waals surface area contributed by atoms with Gasteiger partial charge in [-0.1, -0.05) is 60.7 Å². The van der Waals surface area contributed by atoms with Crippen LogP contribution < -0.4 is 4.90 Å². The number of para-hydroxylation sites is 1. The van der Waals surface area contributed by atoms with E-state index in [0.717, 1.165) is 38.4 Å². The summed E-state index contributed by atoms with van der Waals surface area (Å²) < 4.78 is 2.70. The fourth-order valence-corrected chi connectivity index (χ4v) is 5.17. The van der Waals surface area contributed by atoms with Crippen LogP contribution in [0.4, 0.5) is 5.82 Å². The van der Waals surface area contributed by atoms with Crippen molar-refractivity contribution in [3.63, 3.8) is 0 Å². The normalized spacial score (nSPS) is 13.8. The third-order valence-electron chi connectivity index (χ3n) is 6.63. The Morgan fingerprint density at radius 1 is 0.811 bits per heavy atom. The van der Waals surface area contributed by atoms with E-state index in [2.05, 4.69) is 38.1 Å². The highest BCUT2D eigenvalue weighted by Crippen LogP contribution is 2.28. The third-order valence-corrected chi connectivity index (χ3v) is 7.32. The molecule has 0 unspecified atom stereocenters. The number of hydrogen-bond donors (Lipinski definition) is 0. The minimum absolute atomic E-state index is 0.0432. The van der Waals surface area contributed by atoms with Gasteiger partial charge in [-0.15, -0.1) is 0 Å². The fraction of sp³-hybridized carbons (Fsp3) is 0.172. The maximum atomic E-state index is 13.1. The van der Waals surface area contributed by atoms with Crippen LogP contribution in [0.5, 0.6) is 0 Å². The molecule has 3 aromatic carbocycles. The van der Waals surface area contributed by atoms with Crippen LogP contribution in [0.2, 0.25) is 0 Å². The predicted octanol–water partition coefficient (Wildman–Crippen LogP) is 5.13. The first-order valence-corrected chi connectivity index (χ1v) is 13.1. The second-order valence-electron chi connectivity index (χ2n) is 9.01. The number of fused-ring (bicyclic) bond motifs is 1. The summed E-state index contributed by atoms with van der Waals surface area (Å²) in [5.74, 6) is 1.66. The van der Waals surface area contributed by atoms with Crippen LogP contribution in [0.3, 0.4) is 0 Å². The van der Waals surface area contributed by atoms with Gasteiger partial charge in [-0.2, -0.15) is 5.10 Å². The summed E-state index contributed by atoms with van der Waals surface area (Å²) in [6.45, 7) is 2.60. The molecule has 0 saturated carbocycles. The highest BCUT2D eigenvalue weighted by atomic mass is 79.9. The van der Waals surface area contributed by atoms with Crippen molar-refractivity contribution in [2.24, 2.45) is 0 Å². The Morgan fingerprint density at radius 2 is 1.49 bits per heavy atom. The van der Waals surface area contributed by atoms with Crippen molar-refractivity contribution in [1.82, 2.24) is 24.6 Å². The summed E-state index contributed by atoms with van der Waals surface area (Å²) in [5.41, 5.74) is 3.59. The minimum Gasteiger partial charge on any atom is -0.352 e. The highest BCUT2D eigenvalue weighted by Gasteiger charge is 2.26. The zero-order valence-electron chi connectivity index (χ0n) is 20.2. The maximum Gasteiger partial charge on any atom is 0.255 e. The van der Waals surface area contributed by atoms with Gasteiger partial charge in [-0.05, 0) is 45.8 Å². The zero-order valence-corrected chi connectivity index (χ0v) is 21.8. The van der Waals surface area contributed by atoms with Crippen molar-refractivity contribution in [2.45, 2.75) is 6.42 Å². The Morgan fingerprint density at radius 3 is 2.22 bits per heavy atom. The predicted molar refractivity (Wildman–Crippen MR) is 148 cm³/mol. The Hall–Kier alpha value is -4.04. The molecular weight excluding hydrogens is 528 g/mol. The molecule has 0 N–H and O–H groups in total. The zero-order chi connectivity index (χ0) is 25.2. The van der Waals surface area contributed by atoms with Gasteiger partial charge in [0.25, 0.3) is 5.91 Å². The number of aromatic nitrogens is 4. The number of amides is 1. The largest absolute Gasteiger partial charge is 0.352 e. The number of hydrogen-bond acceptors (Lipinski definition) is 5. The molecule has 0 spiro atoms. The number of nitrogens with zero attached hydrogens (tertiary/aromatic N) is 6. The highest BCUT2D eigenvalue weighted by molar-refractivity contribution is 9.10. The van der Waals surface area contributed by atoms with Crippen molar-refractivity contribution in [3.05, 3.63) is 113 Å². The summed E-state index contributed by atoms with van der Waals surface area (Å²) in [4.78, 5) is 27.3. The van der Waals surface area contributed by atoms with Crippen LogP contribution in [0.25, 0.3) is 16.7 Å². The molecule has 184 valence electrons. The van der Waals surface area contributed by atoms with E-state index in [1.807, 2.05) is 88.6 Å². The third kappa shape index (κ3) is 4.72. The first kappa shape index (κ1) is 23.4. The molecule has 2 aromatic heterocycles. The summed E-state index contributed by atoms with van der Waals surface area (Å²) >= 11 is 3.51. The smallest absolute Gasteiger partial charge is 0.255 e. The Kier molecular flexibility index (Phi) is 6.40. The van der Waals surface area contributed by atoms with Crippen molar-refractivity contribution < 1.29 is 4.79 Å². The first-order chi connectivity index (χ1) is 18.2. The summed E-state index contributed by atoms with van der Waals surface area (Å²) in [6.07, 6.45) is 2.48. The molecule has 0 radical (unpaired) electrons. The molecule has 37 heavy (non-hydrogen) atoms. The van der Waals surface area contributed by atoms with Crippen LogP contribution in [-0.2, 0) is 6.42 Å². The number of rotatable bonds is 5. The summed E-state index contributed by atoms with van der Waals surface area (Å²) in [6, 6.07) is 27.9. The van der Waals surface area contributed by atoms with Crippen LogP contribution in [0.15, 0.2) is 95.6 Å². The molecule has 0 atom stereocenters. The fourth-order valence-electron chi connectivity index (χ4n) is 4.72. The first-order valence-electron chi connectivity index (χ1n) is 12.3. The molecule has 1 fully saturated rings. The van der Waals surface area contributed by atoms with Gasteiger partial charge in [0.15, 0.2) is 5.65 Å². The quantitative estimate of drug-likeness (QED) is 0.302. The molecule has 6 rings (SSSR count). The van der Waals surface area contributed by atoms with E-state index in [1.165, 1.54) is 0 Å². The molecule has 1 saturated heterocycles. The Balaban J connectivity index is 1.33. The van der Waals surface area contributed by atoms with E-state index in [9.17, 15) is 4.79 Å². The lowest BCUT2D eigenvalue weighted by molar-refractivity contribution is 0.0745. The number of halogens is 1. The van der Waals surface area contributed by atoms with E-state index in [0.29, 0.717) is 38.2 Å². The monoisotopic (exact) mass is 552 g/mol. The number of carbonyl (C=O) groups excluding carboxylic acids is 1. The Bertz CT molecular complexity index is 1550. The molecular formula is C29H25BrN6O. The van der Waals surface area contributed by atoms with E-state index >= 15 is 0 Å². The van der Waals surface area contributed by atoms with Crippen LogP contribution in [0.1, 0.15) is 21.7 Å². The lowest BCUT2D eigenvalue weighted by Crippen LogP contribution is -2.49. The van der Waals surface area contributed by atoms with Gasteiger partial charge >= 0.3 is 0 Å². The van der Waals surface area contributed by atoms with E-state index in [4.69, 9.17) is 9.97 Å². The lowest BCUT2D eigenvalue weighted by Gasteiger charge is -2.36. The van der Waals surface area contributed by atoms with Gasteiger partial charge in [0.2, 0.25) is 0 Å². The van der Waals surface area contributed by atoms with Crippen molar-refractivity contribution in [3.8, 4) is 5.69 Å². The SMILES string of the molecule is O=C(c1ccccc1Br)N1CCN(c2nc(Cc3ccccc3)nc3c2cnn3-c2ccccc2)CC1.